The summed E-state index contributed by atoms with van der Waals surface area (Å²) in [4.78, 5) is 13.9. The van der Waals surface area contributed by atoms with Gasteiger partial charge in [-0.15, -0.1) is 0 Å². The number of para-hydroxylation sites is 2. The van der Waals surface area contributed by atoms with Crippen LogP contribution in [0.5, 0.6) is 0 Å². The minimum Gasteiger partial charge on any atom is -0.340 e. The number of aldehydes is 1. The molecule has 0 aliphatic carbocycles. The van der Waals surface area contributed by atoms with Gasteiger partial charge in [-0.2, -0.15) is 0 Å². The van der Waals surface area contributed by atoms with E-state index < -0.39 is 0 Å². The van der Waals surface area contributed by atoms with Crippen LogP contribution in [0.3, 0.4) is 0 Å². The Bertz CT molecular complexity index is 1700. The smallest absolute Gasteiger partial charge is 0.150 e. The molecule has 0 saturated heterocycles. The fourth-order valence-electron chi connectivity index (χ4n) is 5.72. The highest BCUT2D eigenvalue weighted by Gasteiger charge is 2.14. The van der Waals surface area contributed by atoms with Crippen LogP contribution in [0.4, 0.5) is 17.1 Å². The molecule has 0 bridgehead atoms. The van der Waals surface area contributed by atoms with E-state index in [2.05, 4.69) is 113 Å². The molecule has 0 unspecified atom stereocenters. The van der Waals surface area contributed by atoms with Crippen molar-refractivity contribution in [1.29, 1.82) is 0 Å². The number of rotatable bonds is 10. The van der Waals surface area contributed by atoms with Gasteiger partial charge in [-0.1, -0.05) is 80.8 Å². The second kappa shape index (κ2) is 11.6. The predicted molar refractivity (Wildman–Crippen MR) is 169 cm³/mol. The number of nitrogens with zero attached hydrogens (tertiary/aromatic N) is 2. The molecule has 0 aliphatic heterocycles. The van der Waals surface area contributed by atoms with Gasteiger partial charge in [0.1, 0.15) is 6.29 Å². The first-order chi connectivity index (χ1) is 19.8. The molecule has 0 fully saturated rings. The van der Waals surface area contributed by atoms with Crippen LogP contribution in [-0.2, 0) is 6.54 Å². The lowest BCUT2D eigenvalue weighted by Gasteiger charge is -2.25. The molecule has 3 nitrogen and oxygen atoms in total. The van der Waals surface area contributed by atoms with Crippen LogP contribution in [0.15, 0.2) is 121 Å². The fraction of sp³-hybridized carbons (Fsp3) is 0.162. The summed E-state index contributed by atoms with van der Waals surface area (Å²) >= 11 is 0. The van der Waals surface area contributed by atoms with Gasteiger partial charge in [0.2, 0.25) is 0 Å². The van der Waals surface area contributed by atoms with Crippen molar-refractivity contribution in [1.82, 2.24) is 4.57 Å². The molecule has 1 aromatic heterocycles. The van der Waals surface area contributed by atoms with Crippen molar-refractivity contribution in [3.05, 3.63) is 127 Å². The average molecular weight is 523 g/mol. The number of unbranched alkanes of at least 4 members (excludes halogenated alkanes) is 3. The molecular weight excluding hydrogens is 488 g/mol. The highest BCUT2D eigenvalue weighted by Crippen LogP contribution is 2.37. The van der Waals surface area contributed by atoms with Crippen LogP contribution in [0.2, 0.25) is 0 Å². The molecule has 6 rings (SSSR count). The van der Waals surface area contributed by atoms with E-state index in [9.17, 15) is 4.79 Å². The zero-order chi connectivity index (χ0) is 27.3. The van der Waals surface area contributed by atoms with Gasteiger partial charge in [-0.25, -0.2) is 0 Å². The molecule has 3 heteroatoms. The van der Waals surface area contributed by atoms with Crippen molar-refractivity contribution in [2.24, 2.45) is 0 Å². The van der Waals surface area contributed by atoms with Gasteiger partial charge in [0.15, 0.2) is 0 Å². The number of aryl methyl sites for hydroxylation is 1. The largest absolute Gasteiger partial charge is 0.340 e. The van der Waals surface area contributed by atoms with Crippen LogP contribution in [0, 0.1) is 0 Å². The lowest BCUT2D eigenvalue weighted by molar-refractivity contribution is 0.112. The summed E-state index contributed by atoms with van der Waals surface area (Å²) in [6.45, 7) is 3.24. The summed E-state index contributed by atoms with van der Waals surface area (Å²) in [7, 11) is 0. The van der Waals surface area contributed by atoms with E-state index in [1.54, 1.807) is 0 Å². The van der Waals surface area contributed by atoms with E-state index in [1.165, 1.54) is 46.8 Å². The molecule has 0 amide bonds. The maximum atomic E-state index is 11.6. The van der Waals surface area contributed by atoms with Gasteiger partial charge in [-0.3, -0.25) is 4.79 Å². The van der Waals surface area contributed by atoms with Gasteiger partial charge in [0.25, 0.3) is 0 Å². The molecule has 0 saturated carbocycles. The maximum absolute atomic E-state index is 11.6. The van der Waals surface area contributed by atoms with Crippen LogP contribution in [0.1, 0.15) is 43.0 Å². The zero-order valence-corrected chi connectivity index (χ0v) is 23.0. The van der Waals surface area contributed by atoms with Crippen molar-refractivity contribution in [2.45, 2.75) is 39.2 Å². The molecule has 6 aromatic rings. The van der Waals surface area contributed by atoms with Crippen molar-refractivity contribution in [3.63, 3.8) is 0 Å². The number of hydrogen-bond acceptors (Lipinski definition) is 2. The van der Waals surface area contributed by atoms with Crippen LogP contribution >= 0.6 is 0 Å². The van der Waals surface area contributed by atoms with Gasteiger partial charge < -0.3 is 9.47 Å². The number of carbonyl (C=O) groups excluding carboxylic acids is 1. The molecule has 5 aromatic carbocycles. The molecular formula is C37H34N2O. The summed E-state index contributed by atoms with van der Waals surface area (Å²) in [6, 6.07) is 42.6. The molecule has 0 N–H and O–H groups in total. The van der Waals surface area contributed by atoms with Crippen LogP contribution in [-0.4, -0.2) is 10.9 Å². The zero-order valence-electron chi connectivity index (χ0n) is 23.0. The topological polar surface area (TPSA) is 25.2 Å². The monoisotopic (exact) mass is 522 g/mol. The average Bonchev–Trinajstić information content (AvgIpc) is 3.33. The van der Waals surface area contributed by atoms with E-state index >= 15 is 0 Å². The predicted octanol–water partition coefficient (Wildman–Crippen LogP) is 10.3. The van der Waals surface area contributed by atoms with E-state index in [0.29, 0.717) is 5.56 Å². The first-order valence-electron chi connectivity index (χ1n) is 14.3. The summed E-state index contributed by atoms with van der Waals surface area (Å²) in [5.41, 5.74) is 8.85. The van der Waals surface area contributed by atoms with Crippen molar-refractivity contribution in [2.75, 3.05) is 4.90 Å². The Kier molecular flexibility index (Phi) is 7.45. The van der Waals surface area contributed by atoms with Gasteiger partial charge in [0, 0.05) is 51.0 Å². The molecule has 0 atom stereocenters. The molecule has 0 radical (unpaired) electrons. The summed E-state index contributed by atoms with van der Waals surface area (Å²) in [6.07, 6.45) is 5.82. The fourth-order valence-corrected chi connectivity index (χ4v) is 5.72. The van der Waals surface area contributed by atoms with E-state index in [1.807, 2.05) is 24.3 Å². The highest BCUT2D eigenvalue weighted by molar-refractivity contribution is 6.10. The summed E-state index contributed by atoms with van der Waals surface area (Å²) < 4.78 is 2.43. The van der Waals surface area contributed by atoms with Crippen LogP contribution in [0.25, 0.3) is 32.9 Å². The van der Waals surface area contributed by atoms with E-state index in [0.717, 1.165) is 41.7 Å². The molecule has 0 spiro atoms. The van der Waals surface area contributed by atoms with E-state index in [4.69, 9.17) is 0 Å². The normalized spacial score (nSPS) is 11.2. The van der Waals surface area contributed by atoms with Gasteiger partial charge in [0.05, 0.1) is 0 Å². The summed E-state index contributed by atoms with van der Waals surface area (Å²) in [5.74, 6) is 0. The summed E-state index contributed by atoms with van der Waals surface area (Å²) in [5, 5.41) is 2.35. The molecule has 0 aliphatic rings. The van der Waals surface area contributed by atoms with Crippen LogP contribution < -0.4 is 4.90 Å². The van der Waals surface area contributed by atoms with Gasteiger partial charge in [-0.05, 0) is 84.3 Å². The lowest BCUT2D eigenvalue weighted by Crippen LogP contribution is -2.09. The first-order valence-corrected chi connectivity index (χ1v) is 14.3. The third-order valence-electron chi connectivity index (χ3n) is 7.75. The Morgan fingerprint density at radius 1 is 0.600 bits per heavy atom. The Balaban J connectivity index is 1.39. The molecule has 40 heavy (non-hydrogen) atoms. The number of anilines is 3. The quantitative estimate of drug-likeness (QED) is 0.132. The SMILES string of the molecule is CCCCCCn1c2ccc(C=O)cc2c2cc(-c3ccc(N(c4ccccc4)c4ccccc4)cc3)ccc21. The van der Waals surface area contributed by atoms with E-state index in [-0.39, 0.29) is 0 Å². The second-order valence-corrected chi connectivity index (χ2v) is 10.4. The standard InChI is InChI=1S/C37H34N2O/c1-2-3-4-11-24-38-36-22-16-28(27-40)25-34(36)35-26-30(19-23-37(35)38)29-17-20-33(21-18-29)39(31-12-7-5-8-13-31)32-14-9-6-10-15-32/h5-10,12-23,25-27H,2-4,11,24H2,1H3. The van der Waals surface area contributed by atoms with Crippen molar-refractivity contribution < 1.29 is 4.79 Å². The third-order valence-corrected chi connectivity index (χ3v) is 7.75. The third kappa shape index (κ3) is 5.03. The number of carbonyl (C=O) groups is 1. The number of hydrogen-bond donors (Lipinski definition) is 0. The number of benzene rings is 5. The highest BCUT2D eigenvalue weighted by atomic mass is 16.1. The van der Waals surface area contributed by atoms with Crippen molar-refractivity contribution in [3.8, 4) is 11.1 Å². The Labute approximate surface area is 236 Å². The number of aromatic nitrogens is 1. The first kappa shape index (κ1) is 25.6. The maximum Gasteiger partial charge on any atom is 0.150 e. The minimum atomic E-state index is 0.717. The van der Waals surface area contributed by atoms with Gasteiger partial charge >= 0.3 is 0 Å². The second-order valence-electron chi connectivity index (χ2n) is 10.4. The Morgan fingerprint density at radius 2 is 1.18 bits per heavy atom. The minimum absolute atomic E-state index is 0.717. The lowest BCUT2D eigenvalue weighted by atomic mass is 10.0. The Hall–Kier alpha value is -4.63. The molecule has 198 valence electrons. The van der Waals surface area contributed by atoms with Crippen molar-refractivity contribution >= 4 is 45.2 Å². The molecule has 1 heterocycles. The number of fused-ring (bicyclic) bond motifs is 3. The Morgan fingerprint density at radius 3 is 1.80 bits per heavy atom.